The minimum atomic E-state index is 0.103. The van der Waals surface area contributed by atoms with E-state index >= 15 is 0 Å². The molecule has 0 aliphatic rings. The second-order valence-corrected chi connectivity index (χ2v) is 4.07. The number of hydrogen-bond acceptors (Lipinski definition) is 4. The molecule has 0 aromatic carbocycles. The first-order valence-corrected chi connectivity index (χ1v) is 4.55. The van der Waals surface area contributed by atoms with Crippen LogP contribution in [0.25, 0.3) is 0 Å². The molecule has 0 aliphatic heterocycles. The molecule has 4 heteroatoms. The first-order valence-electron chi connectivity index (χ1n) is 3.78. The summed E-state index contributed by atoms with van der Waals surface area (Å²) >= 11 is 1.37. The molecule has 1 aromatic heterocycles. The molecule has 0 aliphatic carbocycles. The standard InChI is InChI=1S/C8H13N3S/c1-4-8(2,3)5-9-7-10-6-11-12-7/h4,6H,1,5H2,2-3H3,(H,9,10,11). The lowest BCUT2D eigenvalue weighted by molar-refractivity contribution is 0.514. The monoisotopic (exact) mass is 183 g/mol. The SMILES string of the molecule is C=CC(C)(C)CNc1ncns1. The van der Waals surface area contributed by atoms with Gasteiger partial charge in [0, 0.05) is 18.1 Å². The van der Waals surface area contributed by atoms with Gasteiger partial charge < -0.3 is 5.32 Å². The molecule has 1 aromatic rings. The normalized spacial score (nSPS) is 11.2. The molecular weight excluding hydrogens is 170 g/mol. The largest absolute Gasteiger partial charge is 0.359 e. The zero-order valence-electron chi connectivity index (χ0n) is 7.37. The van der Waals surface area contributed by atoms with Gasteiger partial charge in [0.05, 0.1) is 0 Å². The van der Waals surface area contributed by atoms with Crippen LogP contribution in [0.1, 0.15) is 13.8 Å². The summed E-state index contributed by atoms with van der Waals surface area (Å²) in [6.45, 7) is 8.84. The average molecular weight is 183 g/mol. The minimum Gasteiger partial charge on any atom is -0.359 e. The zero-order valence-corrected chi connectivity index (χ0v) is 8.19. The van der Waals surface area contributed by atoms with Gasteiger partial charge in [-0.3, -0.25) is 0 Å². The van der Waals surface area contributed by atoms with E-state index in [1.54, 1.807) is 6.33 Å². The Morgan fingerprint density at radius 2 is 2.50 bits per heavy atom. The van der Waals surface area contributed by atoms with Gasteiger partial charge in [0.25, 0.3) is 0 Å². The molecule has 0 radical (unpaired) electrons. The van der Waals surface area contributed by atoms with Crippen molar-refractivity contribution < 1.29 is 0 Å². The van der Waals surface area contributed by atoms with Crippen LogP contribution < -0.4 is 5.32 Å². The highest BCUT2D eigenvalue weighted by Gasteiger charge is 2.12. The predicted molar refractivity (Wildman–Crippen MR) is 52.4 cm³/mol. The Labute approximate surface area is 76.7 Å². The zero-order chi connectivity index (χ0) is 9.03. The van der Waals surface area contributed by atoms with Crippen LogP contribution in [-0.2, 0) is 0 Å². The maximum absolute atomic E-state index is 4.02. The number of rotatable bonds is 4. The number of hydrogen-bond donors (Lipinski definition) is 1. The molecule has 0 atom stereocenters. The Hall–Kier alpha value is -0.900. The van der Waals surface area contributed by atoms with E-state index in [1.807, 2.05) is 6.08 Å². The summed E-state index contributed by atoms with van der Waals surface area (Å²) in [5.74, 6) is 0. The molecule has 1 rings (SSSR count). The van der Waals surface area contributed by atoms with Gasteiger partial charge in [0.15, 0.2) is 0 Å². The lowest BCUT2D eigenvalue weighted by Crippen LogP contribution is -2.20. The fourth-order valence-corrected chi connectivity index (χ4v) is 1.05. The molecule has 0 amide bonds. The summed E-state index contributed by atoms with van der Waals surface area (Å²) in [6, 6.07) is 0. The summed E-state index contributed by atoms with van der Waals surface area (Å²) < 4.78 is 3.89. The fourth-order valence-electron chi connectivity index (χ4n) is 0.627. The van der Waals surface area contributed by atoms with Gasteiger partial charge in [-0.25, -0.2) is 4.98 Å². The summed E-state index contributed by atoms with van der Waals surface area (Å²) in [4.78, 5) is 4.02. The van der Waals surface area contributed by atoms with Crippen LogP contribution in [0.15, 0.2) is 19.0 Å². The van der Waals surface area contributed by atoms with E-state index in [0.29, 0.717) is 0 Å². The van der Waals surface area contributed by atoms with E-state index in [2.05, 4.69) is 35.1 Å². The average Bonchev–Trinajstić information content (AvgIpc) is 2.53. The van der Waals surface area contributed by atoms with Gasteiger partial charge in [-0.05, 0) is 5.41 Å². The van der Waals surface area contributed by atoms with Crippen molar-refractivity contribution in [3.63, 3.8) is 0 Å². The molecule has 0 unspecified atom stereocenters. The van der Waals surface area contributed by atoms with Crippen molar-refractivity contribution in [1.82, 2.24) is 9.36 Å². The van der Waals surface area contributed by atoms with Crippen LogP contribution in [0.3, 0.4) is 0 Å². The molecule has 0 fully saturated rings. The van der Waals surface area contributed by atoms with Crippen LogP contribution in [-0.4, -0.2) is 15.9 Å². The van der Waals surface area contributed by atoms with E-state index in [1.165, 1.54) is 11.5 Å². The first kappa shape index (κ1) is 9.19. The molecule has 1 heterocycles. The van der Waals surface area contributed by atoms with Crippen LogP contribution in [0.4, 0.5) is 5.13 Å². The quantitative estimate of drug-likeness (QED) is 0.727. The molecule has 12 heavy (non-hydrogen) atoms. The first-order chi connectivity index (χ1) is 5.64. The summed E-state index contributed by atoms with van der Waals surface area (Å²) in [5.41, 5.74) is 0.103. The third kappa shape index (κ3) is 2.62. The van der Waals surface area contributed by atoms with Crippen LogP contribution in [0.5, 0.6) is 0 Å². The molecule has 0 bridgehead atoms. The van der Waals surface area contributed by atoms with Crippen molar-refractivity contribution in [3.8, 4) is 0 Å². The van der Waals surface area contributed by atoms with E-state index in [0.717, 1.165) is 11.7 Å². The molecule has 0 saturated heterocycles. The second-order valence-electron chi connectivity index (χ2n) is 3.29. The molecule has 66 valence electrons. The highest BCUT2D eigenvalue weighted by molar-refractivity contribution is 7.09. The summed E-state index contributed by atoms with van der Waals surface area (Å²) in [6.07, 6.45) is 3.48. The van der Waals surface area contributed by atoms with Crippen molar-refractivity contribution in [2.24, 2.45) is 5.41 Å². The maximum atomic E-state index is 4.02. The number of nitrogens with zero attached hydrogens (tertiary/aromatic N) is 2. The molecular formula is C8H13N3S. The molecule has 1 N–H and O–H groups in total. The Balaban J connectivity index is 2.41. The van der Waals surface area contributed by atoms with E-state index < -0.39 is 0 Å². The number of nitrogens with one attached hydrogen (secondary N) is 1. The molecule has 0 spiro atoms. The number of anilines is 1. The third-order valence-electron chi connectivity index (χ3n) is 1.61. The highest BCUT2D eigenvalue weighted by atomic mass is 32.1. The van der Waals surface area contributed by atoms with E-state index in [-0.39, 0.29) is 5.41 Å². The van der Waals surface area contributed by atoms with Gasteiger partial charge in [-0.2, -0.15) is 4.37 Å². The van der Waals surface area contributed by atoms with Gasteiger partial charge in [-0.1, -0.05) is 19.9 Å². The predicted octanol–water partition coefficient (Wildman–Crippen LogP) is 2.16. The molecule has 3 nitrogen and oxygen atoms in total. The maximum Gasteiger partial charge on any atom is 0.202 e. The van der Waals surface area contributed by atoms with Crippen molar-refractivity contribution >= 4 is 16.7 Å². The Bertz CT molecular complexity index is 241. The lowest BCUT2D eigenvalue weighted by atomic mass is 9.94. The third-order valence-corrected chi connectivity index (χ3v) is 2.23. The van der Waals surface area contributed by atoms with Crippen LogP contribution in [0.2, 0.25) is 0 Å². The van der Waals surface area contributed by atoms with Crippen molar-refractivity contribution in [2.75, 3.05) is 11.9 Å². The van der Waals surface area contributed by atoms with Gasteiger partial charge >= 0.3 is 0 Å². The lowest BCUT2D eigenvalue weighted by Gasteiger charge is -2.19. The molecule has 0 saturated carbocycles. The summed E-state index contributed by atoms with van der Waals surface area (Å²) in [5, 5.41) is 4.06. The van der Waals surface area contributed by atoms with Crippen molar-refractivity contribution in [2.45, 2.75) is 13.8 Å². The van der Waals surface area contributed by atoms with E-state index in [9.17, 15) is 0 Å². The van der Waals surface area contributed by atoms with Crippen molar-refractivity contribution in [1.29, 1.82) is 0 Å². The second kappa shape index (κ2) is 3.67. The van der Waals surface area contributed by atoms with E-state index in [4.69, 9.17) is 0 Å². The minimum absolute atomic E-state index is 0.103. The fraction of sp³-hybridized carbons (Fsp3) is 0.500. The Morgan fingerprint density at radius 3 is 3.00 bits per heavy atom. The smallest absolute Gasteiger partial charge is 0.202 e. The van der Waals surface area contributed by atoms with Crippen LogP contribution in [0, 0.1) is 5.41 Å². The highest BCUT2D eigenvalue weighted by Crippen LogP contribution is 2.17. The van der Waals surface area contributed by atoms with Crippen LogP contribution >= 0.6 is 11.5 Å². The Kier molecular flexibility index (Phi) is 2.81. The van der Waals surface area contributed by atoms with Gasteiger partial charge in [-0.15, -0.1) is 6.58 Å². The Morgan fingerprint density at radius 1 is 1.75 bits per heavy atom. The summed E-state index contributed by atoms with van der Waals surface area (Å²) in [7, 11) is 0. The number of aromatic nitrogens is 2. The topological polar surface area (TPSA) is 37.8 Å². The van der Waals surface area contributed by atoms with Gasteiger partial charge in [0.1, 0.15) is 6.33 Å². The van der Waals surface area contributed by atoms with Gasteiger partial charge in [0.2, 0.25) is 5.13 Å². The van der Waals surface area contributed by atoms with Crippen molar-refractivity contribution in [3.05, 3.63) is 19.0 Å².